The fraction of sp³-hybridized carbons (Fsp3) is 0.111. The molecule has 0 atom stereocenters. The fourth-order valence-corrected chi connectivity index (χ4v) is 1.38. The van der Waals surface area contributed by atoms with E-state index in [9.17, 15) is 0 Å². The van der Waals surface area contributed by atoms with Crippen molar-refractivity contribution >= 4 is 27.3 Å². The van der Waals surface area contributed by atoms with Crippen molar-refractivity contribution in [2.45, 2.75) is 11.8 Å². The second-order valence-electron chi connectivity index (χ2n) is 2.51. The minimum atomic E-state index is 0.932. The van der Waals surface area contributed by atoms with Crippen LogP contribution in [0.3, 0.4) is 0 Å². The third-order valence-electron chi connectivity index (χ3n) is 1.30. The highest BCUT2D eigenvalue weighted by Gasteiger charge is 1.92. The van der Waals surface area contributed by atoms with Crippen molar-refractivity contribution in [3.05, 3.63) is 36.5 Å². The van der Waals surface area contributed by atoms with Gasteiger partial charge in [-0.05, 0) is 52.8 Å². The summed E-state index contributed by atoms with van der Waals surface area (Å²) in [4.78, 5) is 1.05. The van der Waals surface area contributed by atoms with Crippen molar-refractivity contribution in [3.63, 3.8) is 0 Å². The van der Waals surface area contributed by atoms with Crippen LogP contribution < -0.4 is 5.32 Å². The Bertz CT molecular complexity index is 268. The highest BCUT2D eigenvalue weighted by atomic mass is 35.7. The minimum Gasteiger partial charge on any atom is -0.360 e. The van der Waals surface area contributed by atoms with Gasteiger partial charge < -0.3 is 5.32 Å². The first kappa shape index (κ1) is 9.49. The van der Waals surface area contributed by atoms with Crippen molar-refractivity contribution in [2.75, 3.05) is 5.32 Å². The molecule has 0 amide bonds. The van der Waals surface area contributed by atoms with Gasteiger partial charge in [-0.3, -0.25) is 0 Å². The molecule has 0 unspecified atom stereocenters. The molecular formula is C9H10ClNS. The molecule has 0 spiro atoms. The van der Waals surface area contributed by atoms with Crippen molar-refractivity contribution < 1.29 is 0 Å². The van der Waals surface area contributed by atoms with Crippen LogP contribution in [0.15, 0.2) is 41.4 Å². The van der Waals surface area contributed by atoms with E-state index in [1.807, 2.05) is 31.2 Å². The average Bonchev–Trinajstić information content (AvgIpc) is 2.05. The minimum absolute atomic E-state index is 0.932. The first-order chi connectivity index (χ1) is 5.72. The van der Waals surface area contributed by atoms with Gasteiger partial charge in [0.1, 0.15) is 0 Å². The van der Waals surface area contributed by atoms with E-state index < -0.39 is 0 Å². The molecule has 0 fully saturated rings. The van der Waals surface area contributed by atoms with Crippen LogP contribution in [-0.2, 0) is 0 Å². The number of rotatable bonds is 3. The molecule has 0 bridgehead atoms. The van der Waals surface area contributed by atoms with Gasteiger partial charge in [-0.25, -0.2) is 0 Å². The molecular weight excluding hydrogens is 190 g/mol. The van der Waals surface area contributed by atoms with Crippen molar-refractivity contribution in [1.29, 1.82) is 0 Å². The third kappa shape index (κ3) is 2.80. The van der Waals surface area contributed by atoms with Gasteiger partial charge in [-0.15, -0.1) is 0 Å². The molecule has 0 saturated heterocycles. The predicted molar refractivity (Wildman–Crippen MR) is 56.6 cm³/mol. The summed E-state index contributed by atoms with van der Waals surface area (Å²) in [6.07, 6.45) is 0. The lowest BCUT2D eigenvalue weighted by molar-refractivity contribution is 1.37. The average molecular weight is 200 g/mol. The van der Waals surface area contributed by atoms with Crippen LogP contribution in [0.4, 0.5) is 5.69 Å². The summed E-state index contributed by atoms with van der Waals surface area (Å²) < 4.78 is 0. The molecule has 3 heteroatoms. The van der Waals surface area contributed by atoms with E-state index in [1.165, 1.54) is 11.0 Å². The molecule has 0 heterocycles. The lowest BCUT2D eigenvalue weighted by atomic mass is 10.3. The summed E-state index contributed by atoms with van der Waals surface area (Å²) in [7, 11) is 6.78. The number of allylic oxidation sites excluding steroid dienone is 1. The second-order valence-corrected chi connectivity index (χ2v) is 3.60. The molecule has 1 rings (SSSR count). The maximum Gasteiger partial charge on any atom is 0.0382 e. The Morgan fingerprint density at radius 2 is 2.00 bits per heavy atom. The highest BCUT2D eigenvalue weighted by molar-refractivity contribution is 8.21. The lowest BCUT2D eigenvalue weighted by Crippen LogP contribution is -1.92. The SMILES string of the molecule is C=C(C)Nc1ccc(SCl)cc1. The summed E-state index contributed by atoms with van der Waals surface area (Å²) >= 11 is 0. The molecule has 0 saturated carbocycles. The zero-order chi connectivity index (χ0) is 8.97. The predicted octanol–water partition coefficient (Wildman–Crippen LogP) is 3.88. The van der Waals surface area contributed by atoms with E-state index >= 15 is 0 Å². The van der Waals surface area contributed by atoms with E-state index in [0.717, 1.165) is 16.3 Å². The first-order valence-corrected chi connectivity index (χ1v) is 5.18. The van der Waals surface area contributed by atoms with Gasteiger partial charge in [-0.1, -0.05) is 6.58 Å². The standard InChI is InChI=1S/C9H10ClNS/c1-7(2)11-8-3-5-9(12-10)6-4-8/h3-6,11H,1H2,2H3. The molecule has 12 heavy (non-hydrogen) atoms. The summed E-state index contributed by atoms with van der Waals surface area (Å²) in [5, 5.41) is 3.11. The third-order valence-corrected chi connectivity index (χ3v) is 2.29. The van der Waals surface area contributed by atoms with Gasteiger partial charge >= 0.3 is 0 Å². The van der Waals surface area contributed by atoms with Crippen LogP contribution >= 0.6 is 21.7 Å². The Balaban J connectivity index is 2.71. The summed E-state index contributed by atoms with van der Waals surface area (Å²) in [5.41, 5.74) is 1.97. The number of halogens is 1. The maximum atomic E-state index is 5.56. The Kier molecular flexibility index (Phi) is 3.50. The zero-order valence-electron chi connectivity index (χ0n) is 6.80. The monoisotopic (exact) mass is 199 g/mol. The normalized spacial score (nSPS) is 9.50. The number of anilines is 1. The number of nitrogens with one attached hydrogen (secondary N) is 1. The van der Waals surface area contributed by atoms with Gasteiger partial charge in [-0.2, -0.15) is 0 Å². The van der Waals surface area contributed by atoms with Crippen LogP contribution in [-0.4, -0.2) is 0 Å². The summed E-state index contributed by atoms with van der Waals surface area (Å²) in [6.45, 7) is 5.67. The van der Waals surface area contributed by atoms with E-state index in [1.54, 1.807) is 0 Å². The molecule has 1 aromatic rings. The molecule has 64 valence electrons. The Labute approximate surface area is 81.3 Å². The van der Waals surface area contributed by atoms with E-state index in [2.05, 4.69) is 11.9 Å². The second kappa shape index (κ2) is 4.43. The Morgan fingerprint density at radius 1 is 1.42 bits per heavy atom. The number of benzene rings is 1. The quantitative estimate of drug-likeness (QED) is 0.793. The number of hydrogen-bond donors (Lipinski definition) is 1. The summed E-state index contributed by atoms with van der Waals surface area (Å²) in [5.74, 6) is 0. The molecule has 1 N–H and O–H groups in total. The van der Waals surface area contributed by atoms with Crippen LogP contribution in [0.2, 0.25) is 0 Å². The molecule has 0 aliphatic rings. The van der Waals surface area contributed by atoms with Gasteiger partial charge in [0.05, 0.1) is 0 Å². The Hall–Kier alpha value is -0.600. The van der Waals surface area contributed by atoms with Crippen LogP contribution in [0.1, 0.15) is 6.92 Å². The number of hydrogen-bond acceptors (Lipinski definition) is 2. The van der Waals surface area contributed by atoms with Gasteiger partial charge in [0.2, 0.25) is 0 Å². The maximum absolute atomic E-state index is 5.56. The molecule has 1 aromatic carbocycles. The molecule has 0 aliphatic heterocycles. The topological polar surface area (TPSA) is 12.0 Å². The molecule has 0 aliphatic carbocycles. The smallest absolute Gasteiger partial charge is 0.0382 e. The molecule has 0 aromatic heterocycles. The van der Waals surface area contributed by atoms with Crippen LogP contribution in [0, 0.1) is 0 Å². The largest absolute Gasteiger partial charge is 0.360 e. The van der Waals surface area contributed by atoms with Gasteiger partial charge in [0.25, 0.3) is 0 Å². The lowest BCUT2D eigenvalue weighted by Gasteiger charge is -2.04. The van der Waals surface area contributed by atoms with Gasteiger partial charge in [0, 0.05) is 16.3 Å². The van der Waals surface area contributed by atoms with Crippen molar-refractivity contribution in [3.8, 4) is 0 Å². The highest BCUT2D eigenvalue weighted by Crippen LogP contribution is 2.23. The van der Waals surface area contributed by atoms with Crippen molar-refractivity contribution in [2.24, 2.45) is 0 Å². The Morgan fingerprint density at radius 3 is 2.42 bits per heavy atom. The van der Waals surface area contributed by atoms with E-state index in [0.29, 0.717) is 0 Å². The van der Waals surface area contributed by atoms with E-state index in [-0.39, 0.29) is 0 Å². The zero-order valence-corrected chi connectivity index (χ0v) is 8.38. The summed E-state index contributed by atoms with van der Waals surface area (Å²) in [6, 6.07) is 7.87. The first-order valence-electron chi connectivity index (χ1n) is 3.53. The molecule has 1 nitrogen and oxygen atoms in total. The van der Waals surface area contributed by atoms with E-state index in [4.69, 9.17) is 10.7 Å². The molecule has 0 radical (unpaired) electrons. The van der Waals surface area contributed by atoms with Crippen LogP contribution in [0.25, 0.3) is 0 Å². The van der Waals surface area contributed by atoms with Gasteiger partial charge in [0.15, 0.2) is 0 Å². The fourth-order valence-electron chi connectivity index (χ4n) is 0.836. The van der Waals surface area contributed by atoms with Crippen molar-refractivity contribution in [1.82, 2.24) is 0 Å². The van der Waals surface area contributed by atoms with Crippen LogP contribution in [0.5, 0.6) is 0 Å².